The van der Waals surface area contributed by atoms with E-state index in [9.17, 15) is 18.0 Å². The summed E-state index contributed by atoms with van der Waals surface area (Å²) in [5.41, 5.74) is 2.43. The lowest BCUT2D eigenvalue weighted by Gasteiger charge is -2.13. The molecule has 0 aliphatic heterocycles. The molecule has 10 heteroatoms. The molecule has 9 nitrogen and oxygen atoms in total. The van der Waals surface area contributed by atoms with Gasteiger partial charge in [0.05, 0.1) is 25.2 Å². The highest BCUT2D eigenvalue weighted by Gasteiger charge is 2.23. The summed E-state index contributed by atoms with van der Waals surface area (Å²) >= 11 is 0. The smallest absolute Gasteiger partial charge is 0.338 e. The molecule has 1 aromatic heterocycles. The molecule has 194 valence electrons. The molecule has 38 heavy (non-hydrogen) atoms. The van der Waals surface area contributed by atoms with E-state index in [-0.39, 0.29) is 22.6 Å². The van der Waals surface area contributed by atoms with E-state index in [2.05, 4.69) is 10.8 Å². The van der Waals surface area contributed by atoms with Crippen molar-refractivity contribution in [2.45, 2.75) is 24.8 Å². The van der Waals surface area contributed by atoms with Crippen molar-refractivity contribution >= 4 is 38.4 Å². The fourth-order valence-corrected chi connectivity index (χ4v) is 5.22. The third-order valence-electron chi connectivity index (χ3n) is 5.88. The van der Waals surface area contributed by atoms with Crippen LogP contribution in [0.5, 0.6) is 5.75 Å². The topological polar surface area (TPSA) is 127 Å². The Morgan fingerprint density at radius 3 is 2.50 bits per heavy atom. The number of nitrogens with zero attached hydrogens (tertiary/aromatic N) is 2. The Hall–Kier alpha value is -4.62. The van der Waals surface area contributed by atoms with Crippen molar-refractivity contribution in [2.24, 2.45) is 0 Å². The van der Waals surface area contributed by atoms with Gasteiger partial charge in [0.25, 0.3) is 10.0 Å². The van der Waals surface area contributed by atoms with E-state index in [1.54, 1.807) is 42.6 Å². The van der Waals surface area contributed by atoms with Gasteiger partial charge in [-0.1, -0.05) is 35.9 Å². The Morgan fingerprint density at radius 1 is 1.05 bits per heavy atom. The van der Waals surface area contributed by atoms with E-state index in [1.807, 2.05) is 23.6 Å². The second-order valence-corrected chi connectivity index (χ2v) is 10.1. The van der Waals surface area contributed by atoms with Crippen LogP contribution in [0, 0.1) is 18.3 Å². The van der Waals surface area contributed by atoms with Gasteiger partial charge in [0.15, 0.2) is 6.61 Å². The van der Waals surface area contributed by atoms with Crippen molar-refractivity contribution in [3.8, 4) is 11.8 Å². The average molecular weight is 532 g/mol. The number of nitriles is 1. The van der Waals surface area contributed by atoms with Crippen molar-refractivity contribution in [3.05, 3.63) is 89.6 Å². The minimum atomic E-state index is -4.10. The number of ether oxygens (including phenoxy) is 2. The zero-order chi connectivity index (χ0) is 27.3. The van der Waals surface area contributed by atoms with E-state index in [0.29, 0.717) is 23.2 Å². The van der Waals surface area contributed by atoms with E-state index in [1.165, 1.54) is 19.2 Å². The molecule has 0 fully saturated rings. The number of methoxy groups -OCH3 is 1. The van der Waals surface area contributed by atoms with Gasteiger partial charge in [-0.3, -0.25) is 9.52 Å². The first kappa shape index (κ1) is 26.4. The van der Waals surface area contributed by atoms with Gasteiger partial charge < -0.3 is 14.0 Å². The number of para-hydroxylation sites is 1. The summed E-state index contributed by atoms with van der Waals surface area (Å²) < 4.78 is 40.9. The van der Waals surface area contributed by atoms with Crippen LogP contribution in [0.3, 0.4) is 0 Å². The van der Waals surface area contributed by atoms with Crippen LogP contribution in [0.1, 0.15) is 32.7 Å². The van der Waals surface area contributed by atoms with Gasteiger partial charge in [-0.15, -0.1) is 0 Å². The highest BCUT2D eigenvalue weighted by molar-refractivity contribution is 7.92. The van der Waals surface area contributed by atoms with Gasteiger partial charge in [-0.2, -0.15) is 5.26 Å². The Kier molecular flexibility index (Phi) is 7.79. The Labute approximate surface area is 220 Å². The molecule has 0 radical (unpaired) electrons. The monoisotopic (exact) mass is 531 g/mol. The molecule has 0 bridgehead atoms. The summed E-state index contributed by atoms with van der Waals surface area (Å²) in [6.07, 6.45) is 1.93. The first-order valence-corrected chi connectivity index (χ1v) is 13.1. The predicted octanol–water partition coefficient (Wildman–Crippen LogP) is 4.71. The second-order valence-electron chi connectivity index (χ2n) is 8.50. The number of hydrogen-bond acceptors (Lipinski definition) is 7. The number of ketones is 1. The van der Waals surface area contributed by atoms with Gasteiger partial charge in [-0.25, -0.2) is 13.2 Å². The quantitative estimate of drug-likeness (QED) is 0.232. The van der Waals surface area contributed by atoms with E-state index >= 15 is 0 Å². The van der Waals surface area contributed by atoms with Crippen LogP contribution in [0.4, 0.5) is 5.69 Å². The summed E-state index contributed by atoms with van der Waals surface area (Å²) in [5, 5.41) is 9.60. The maximum Gasteiger partial charge on any atom is 0.338 e. The van der Waals surface area contributed by atoms with Crippen LogP contribution < -0.4 is 9.46 Å². The predicted molar refractivity (Wildman–Crippen MR) is 142 cm³/mol. The number of sulfonamides is 1. The van der Waals surface area contributed by atoms with E-state index in [4.69, 9.17) is 14.7 Å². The number of aryl methyl sites for hydroxylation is 2. The zero-order valence-corrected chi connectivity index (χ0v) is 21.6. The summed E-state index contributed by atoms with van der Waals surface area (Å²) in [4.78, 5) is 25.5. The van der Waals surface area contributed by atoms with E-state index in [0.717, 1.165) is 17.1 Å². The minimum Gasteiger partial charge on any atom is -0.495 e. The Balaban J connectivity index is 1.53. The molecule has 0 saturated carbocycles. The van der Waals surface area contributed by atoms with Crippen LogP contribution >= 0.6 is 0 Å². The molecule has 4 rings (SSSR count). The molecular formula is C28H25N3O6S. The largest absolute Gasteiger partial charge is 0.495 e. The van der Waals surface area contributed by atoms with Crippen LogP contribution in [-0.4, -0.2) is 38.5 Å². The molecule has 3 aromatic carbocycles. The lowest BCUT2D eigenvalue weighted by atomic mass is 10.1. The molecule has 0 unspecified atom stereocenters. The number of anilines is 1. The van der Waals surface area contributed by atoms with Crippen LogP contribution in [0.25, 0.3) is 10.9 Å². The fraction of sp³-hybridized carbons (Fsp3) is 0.179. The number of esters is 1. The third kappa shape index (κ3) is 5.68. The Bertz CT molecular complexity index is 1650. The highest BCUT2D eigenvalue weighted by atomic mass is 32.2. The molecule has 0 aliphatic carbocycles. The molecule has 0 saturated heterocycles. The Morgan fingerprint density at radius 2 is 1.79 bits per heavy atom. The van der Waals surface area contributed by atoms with Crippen LogP contribution in [0.15, 0.2) is 77.8 Å². The second kappa shape index (κ2) is 11.2. The molecule has 0 spiro atoms. The summed E-state index contributed by atoms with van der Waals surface area (Å²) in [7, 11) is -2.78. The van der Waals surface area contributed by atoms with Gasteiger partial charge in [0.2, 0.25) is 5.78 Å². The number of nitrogens with one attached hydrogen (secondary N) is 1. The van der Waals surface area contributed by atoms with Crippen LogP contribution in [-0.2, 0) is 21.3 Å². The van der Waals surface area contributed by atoms with Crippen molar-refractivity contribution in [2.75, 3.05) is 18.4 Å². The van der Waals surface area contributed by atoms with Gasteiger partial charge in [0, 0.05) is 34.9 Å². The first-order chi connectivity index (χ1) is 18.2. The number of rotatable bonds is 10. The molecule has 1 N–H and O–H groups in total. The number of carbonyl (C=O) groups excluding carboxylic acids is 2. The fourth-order valence-electron chi connectivity index (χ4n) is 3.96. The third-order valence-corrected chi connectivity index (χ3v) is 7.28. The molecule has 1 heterocycles. The lowest BCUT2D eigenvalue weighted by molar-refractivity contribution is 0.0475. The maximum absolute atomic E-state index is 13.1. The van der Waals surface area contributed by atoms with Gasteiger partial charge in [-0.05, 0) is 43.3 Å². The number of fused-ring (bicyclic) bond motifs is 1. The molecule has 0 aliphatic rings. The number of carbonyl (C=O) groups is 2. The van der Waals surface area contributed by atoms with Crippen molar-refractivity contribution in [1.29, 1.82) is 5.26 Å². The van der Waals surface area contributed by atoms with Crippen molar-refractivity contribution in [1.82, 2.24) is 4.57 Å². The number of aromatic nitrogens is 1. The molecule has 4 aromatic rings. The summed E-state index contributed by atoms with van der Waals surface area (Å²) in [6, 6.07) is 20.0. The molecule has 0 amide bonds. The van der Waals surface area contributed by atoms with Crippen LogP contribution in [0.2, 0.25) is 0 Å². The minimum absolute atomic E-state index is 0.0439. The number of Topliss-reactive ketones (excluding diaryl/α,β-unsaturated/α-hetero) is 1. The number of hydrogen-bond donors (Lipinski definition) is 1. The summed E-state index contributed by atoms with van der Waals surface area (Å²) in [5.74, 6) is -1.24. The van der Waals surface area contributed by atoms with Crippen molar-refractivity contribution < 1.29 is 27.5 Å². The standard InChI is InChI=1S/C28H25N3O6S/c1-19-8-11-21(12-9-19)30-38(34,35)27-16-20(10-13-26(27)36-2)28(33)37-18-25(32)23-17-31(15-5-14-29)24-7-4-3-6-22(23)24/h3-4,6-13,16-17,30H,5,15,18H2,1-2H3. The summed E-state index contributed by atoms with van der Waals surface area (Å²) in [6.45, 7) is 1.76. The average Bonchev–Trinajstić information content (AvgIpc) is 3.30. The SMILES string of the molecule is COc1ccc(C(=O)OCC(=O)c2cn(CCC#N)c3ccccc23)cc1S(=O)(=O)Nc1ccc(C)cc1. The molecule has 0 atom stereocenters. The molecular weight excluding hydrogens is 506 g/mol. The highest BCUT2D eigenvalue weighted by Crippen LogP contribution is 2.28. The first-order valence-electron chi connectivity index (χ1n) is 11.7. The zero-order valence-electron chi connectivity index (χ0n) is 20.8. The lowest BCUT2D eigenvalue weighted by Crippen LogP contribution is -2.17. The van der Waals surface area contributed by atoms with Crippen molar-refractivity contribution in [3.63, 3.8) is 0 Å². The number of benzene rings is 3. The normalized spacial score (nSPS) is 11.1. The van der Waals surface area contributed by atoms with E-state index < -0.39 is 28.4 Å². The van der Waals surface area contributed by atoms with Gasteiger partial charge >= 0.3 is 5.97 Å². The maximum atomic E-state index is 13.1. The van der Waals surface area contributed by atoms with Gasteiger partial charge in [0.1, 0.15) is 10.6 Å².